The van der Waals surface area contributed by atoms with Crippen molar-refractivity contribution in [3.05, 3.63) is 63.7 Å². The molecule has 1 saturated heterocycles. The van der Waals surface area contributed by atoms with E-state index < -0.39 is 48.0 Å². The van der Waals surface area contributed by atoms with Crippen molar-refractivity contribution < 1.29 is 32.6 Å². The standard InChI is InChI=1S/C23H24ClF3N4O4/c24-14-5-12(6-15(9-14)35-4-2-25)21(33)23(34)31-3-1-19(31)20(32)11-30-10-16-17(26)7-13(22(28)29)8-18(16)27/h5-9,19,21,30,33H,1-4,10-11H2,(H3,28,29). The van der Waals surface area contributed by atoms with Crippen LogP contribution in [0.3, 0.4) is 0 Å². The van der Waals surface area contributed by atoms with Crippen LogP contribution in [0.1, 0.15) is 29.2 Å². The molecule has 1 aliphatic rings. The molecule has 0 aromatic heterocycles. The zero-order valence-electron chi connectivity index (χ0n) is 18.5. The Morgan fingerprint density at radius 3 is 2.51 bits per heavy atom. The normalized spacial score (nSPS) is 15.9. The van der Waals surface area contributed by atoms with Crippen LogP contribution in [0, 0.1) is 17.0 Å². The zero-order chi connectivity index (χ0) is 25.7. The molecule has 1 amide bonds. The van der Waals surface area contributed by atoms with Gasteiger partial charge in [-0.1, -0.05) is 11.6 Å². The molecule has 5 N–H and O–H groups in total. The van der Waals surface area contributed by atoms with Crippen LogP contribution in [-0.4, -0.2) is 59.9 Å². The van der Waals surface area contributed by atoms with Crippen LogP contribution in [0.25, 0.3) is 0 Å². The first-order valence-electron chi connectivity index (χ1n) is 10.7. The Labute approximate surface area is 204 Å². The second-order valence-corrected chi connectivity index (χ2v) is 8.33. The predicted octanol–water partition coefficient (Wildman–Crippen LogP) is 2.24. The van der Waals surface area contributed by atoms with Crippen molar-refractivity contribution >= 4 is 29.1 Å². The number of alkyl halides is 1. The third-order valence-electron chi connectivity index (χ3n) is 5.52. The number of likely N-dealkylation sites (tertiary alicyclic amines) is 1. The molecule has 0 spiro atoms. The summed E-state index contributed by atoms with van der Waals surface area (Å²) in [6.45, 7) is -1.26. The second kappa shape index (κ2) is 11.5. The number of nitrogens with one attached hydrogen (secondary N) is 2. The summed E-state index contributed by atoms with van der Waals surface area (Å²) in [6.07, 6.45) is -1.25. The summed E-state index contributed by atoms with van der Waals surface area (Å²) >= 11 is 6.00. The lowest BCUT2D eigenvalue weighted by molar-refractivity contribution is -0.153. The summed E-state index contributed by atoms with van der Waals surface area (Å²) in [4.78, 5) is 26.6. The van der Waals surface area contributed by atoms with Crippen molar-refractivity contribution in [3.8, 4) is 5.75 Å². The lowest BCUT2D eigenvalue weighted by atomic mass is 9.96. The number of carbonyl (C=O) groups excluding carboxylic acids is 2. The smallest absolute Gasteiger partial charge is 0.256 e. The van der Waals surface area contributed by atoms with Gasteiger partial charge in [-0.25, -0.2) is 13.2 Å². The molecule has 12 heteroatoms. The highest BCUT2D eigenvalue weighted by atomic mass is 35.5. The quantitative estimate of drug-likeness (QED) is 0.270. The van der Waals surface area contributed by atoms with Crippen molar-refractivity contribution in [2.24, 2.45) is 5.73 Å². The first-order valence-corrected chi connectivity index (χ1v) is 11.0. The van der Waals surface area contributed by atoms with Crippen LogP contribution in [0.15, 0.2) is 30.3 Å². The van der Waals surface area contributed by atoms with Gasteiger partial charge in [-0.05, 0) is 42.3 Å². The lowest BCUT2D eigenvalue weighted by Gasteiger charge is -2.41. The van der Waals surface area contributed by atoms with E-state index in [-0.39, 0.29) is 53.7 Å². The van der Waals surface area contributed by atoms with Crippen LogP contribution in [-0.2, 0) is 16.1 Å². The Hall–Kier alpha value is -3.15. The average Bonchev–Trinajstić information content (AvgIpc) is 2.77. The van der Waals surface area contributed by atoms with E-state index in [0.29, 0.717) is 6.42 Å². The van der Waals surface area contributed by atoms with Crippen LogP contribution in [0.2, 0.25) is 5.02 Å². The number of carbonyl (C=O) groups is 2. The maximum Gasteiger partial charge on any atom is 0.256 e. The number of amidine groups is 1. The van der Waals surface area contributed by atoms with Crippen molar-refractivity contribution in [1.29, 1.82) is 5.41 Å². The first kappa shape index (κ1) is 26.5. The van der Waals surface area contributed by atoms with E-state index in [9.17, 15) is 27.9 Å². The number of aliphatic hydroxyl groups excluding tert-OH is 1. The van der Waals surface area contributed by atoms with Gasteiger partial charge in [-0.2, -0.15) is 0 Å². The predicted molar refractivity (Wildman–Crippen MR) is 122 cm³/mol. The fourth-order valence-corrected chi connectivity index (χ4v) is 3.86. The average molecular weight is 513 g/mol. The Morgan fingerprint density at radius 2 is 1.94 bits per heavy atom. The molecule has 2 atom stereocenters. The minimum Gasteiger partial charge on any atom is -0.491 e. The van der Waals surface area contributed by atoms with Gasteiger partial charge in [0.15, 0.2) is 11.9 Å². The molecule has 2 unspecified atom stereocenters. The molecular weight excluding hydrogens is 489 g/mol. The molecule has 0 aliphatic carbocycles. The molecule has 188 valence electrons. The maximum absolute atomic E-state index is 14.1. The van der Waals surface area contributed by atoms with Crippen LogP contribution >= 0.6 is 11.6 Å². The van der Waals surface area contributed by atoms with Gasteiger partial charge in [0, 0.05) is 29.2 Å². The molecule has 1 heterocycles. The zero-order valence-corrected chi connectivity index (χ0v) is 19.2. The van der Waals surface area contributed by atoms with E-state index in [1.165, 1.54) is 23.1 Å². The summed E-state index contributed by atoms with van der Waals surface area (Å²) < 4.78 is 45.8. The van der Waals surface area contributed by atoms with E-state index in [0.717, 1.165) is 12.1 Å². The summed E-state index contributed by atoms with van der Waals surface area (Å²) in [6, 6.07) is 5.21. The maximum atomic E-state index is 14.1. The van der Waals surface area contributed by atoms with Crippen molar-refractivity contribution in [2.75, 3.05) is 26.4 Å². The lowest BCUT2D eigenvalue weighted by Crippen LogP contribution is -2.58. The number of nitrogen functional groups attached to an aromatic ring is 1. The Balaban J connectivity index is 1.59. The number of nitrogens with two attached hydrogens (primary N) is 1. The Morgan fingerprint density at radius 1 is 1.26 bits per heavy atom. The number of halogens is 4. The van der Waals surface area contributed by atoms with Gasteiger partial charge >= 0.3 is 0 Å². The Bertz CT molecular complexity index is 1110. The van der Waals surface area contributed by atoms with E-state index in [1.807, 2.05) is 0 Å². The second-order valence-electron chi connectivity index (χ2n) is 7.90. The van der Waals surface area contributed by atoms with E-state index in [4.69, 9.17) is 27.5 Å². The highest BCUT2D eigenvalue weighted by Gasteiger charge is 2.39. The van der Waals surface area contributed by atoms with E-state index in [2.05, 4.69) is 5.32 Å². The van der Waals surface area contributed by atoms with Crippen molar-refractivity contribution in [3.63, 3.8) is 0 Å². The van der Waals surface area contributed by atoms with E-state index in [1.54, 1.807) is 0 Å². The molecule has 3 rings (SSSR count). The van der Waals surface area contributed by atoms with Crippen LogP contribution < -0.4 is 15.8 Å². The highest BCUT2D eigenvalue weighted by Crippen LogP contribution is 2.29. The number of ether oxygens (including phenoxy) is 1. The number of ketones is 1. The number of benzene rings is 2. The summed E-state index contributed by atoms with van der Waals surface area (Å²) in [5.74, 6) is -3.21. The third-order valence-corrected chi connectivity index (χ3v) is 5.73. The third kappa shape index (κ3) is 6.30. The largest absolute Gasteiger partial charge is 0.491 e. The Kier molecular flexibility index (Phi) is 8.71. The van der Waals surface area contributed by atoms with E-state index >= 15 is 0 Å². The van der Waals surface area contributed by atoms with Gasteiger partial charge in [-0.3, -0.25) is 15.0 Å². The van der Waals surface area contributed by atoms with Gasteiger partial charge in [0.2, 0.25) is 0 Å². The number of rotatable bonds is 11. The monoisotopic (exact) mass is 512 g/mol. The molecule has 0 bridgehead atoms. The van der Waals surface area contributed by atoms with Gasteiger partial charge in [-0.15, -0.1) is 0 Å². The molecule has 2 aromatic rings. The molecule has 0 radical (unpaired) electrons. The number of aliphatic hydroxyl groups is 1. The van der Waals surface area contributed by atoms with Crippen LogP contribution in [0.4, 0.5) is 13.2 Å². The van der Waals surface area contributed by atoms with Crippen molar-refractivity contribution in [1.82, 2.24) is 10.2 Å². The molecular formula is C23H24ClF3N4O4. The fourth-order valence-electron chi connectivity index (χ4n) is 3.62. The minimum absolute atomic E-state index is 0.0946. The SMILES string of the molecule is N=C(N)c1cc(F)c(CNCC(=O)C2CCN2C(=O)C(O)c2cc(Cl)cc(OCCF)c2)c(F)c1. The van der Waals surface area contributed by atoms with Gasteiger partial charge in [0.25, 0.3) is 5.91 Å². The molecule has 35 heavy (non-hydrogen) atoms. The van der Waals surface area contributed by atoms with Gasteiger partial charge in [0.1, 0.15) is 36.5 Å². The van der Waals surface area contributed by atoms with Crippen molar-refractivity contribution in [2.45, 2.75) is 25.1 Å². The highest BCUT2D eigenvalue weighted by molar-refractivity contribution is 6.30. The van der Waals surface area contributed by atoms with Gasteiger partial charge in [0.05, 0.1) is 12.6 Å². The number of Topliss-reactive ketones (excluding diaryl/α,β-unsaturated/α-hetero) is 1. The molecule has 2 aromatic carbocycles. The minimum atomic E-state index is -1.62. The number of hydrogen-bond acceptors (Lipinski definition) is 6. The summed E-state index contributed by atoms with van der Waals surface area (Å²) in [5.41, 5.74) is 4.96. The molecule has 8 nitrogen and oxygen atoms in total. The van der Waals surface area contributed by atoms with Gasteiger partial charge < -0.3 is 25.8 Å². The fraction of sp³-hybridized carbons (Fsp3) is 0.348. The number of amides is 1. The number of nitrogens with zero attached hydrogens (tertiary/aromatic N) is 1. The molecule has 1 fully saturated rings. The number of hydrogen-bond donors (Lipinski definition) is 4. The molecule has 0 saturated carbocycles. The molecule has 1 aliphatic heterocycles. The summed E-state index contributed by atoms with van der Waals surface area (Å²) in [5, 5.41) is 20.6. The summed E-state index contributed by atoms with van der Waals surface area (Å²) in [7, 11) is 0. The first-order chi connectivity index (χ1) is 16.6. The van der Waals surface area contributed by atoms with Crippen LogP contribution in [0.5, 0.6) is 5.75 Å². The topological polar surface area (TPSA) is 129 Å².